The molecule has 0 spiro atoms. The number of carbonyl (C=O) groups is 2. The molecular weight excluding hydrogens is 382 g/mol. The fourth-order valence-electron chi connectivity index (χ4n) is 2.55. The van der Waals surface area contributed by atoms with Crippen molar-refractivity contribution in [1.82, 2.24) is 0 Å². The quantitative estimate of drug-likeness (QED) is 0.255. The number of hydrogen-bond acceptors (Lipinski definition) is 5. The van der Waals surface area contributed by atoms with E-state index < -0.39 is 23.3 Å². The predicted molar refractivity (Wildman–Crippen MR) is 105 cm³/mol. The van der Waals surface area contributed by atoms with E-state index in [0.29, 0.717) is 5.56 Å². The molecule has 0 amide bonds. The summed E-state index contributed by atoms with van der Waals surface area (Å²) < 4.78 is 4.98. The first-order chi connectivity index (χ1) is 13.5. The molecule has 0 unspecified atom stereocenters. The van der Waals surface area contributed by atoms with Crippen LogP contribution in [0.1, 0.15) is 20.7 Å². The highest BCUT2D eigenvalue weighted by Crippen LogP contribution is 2.23. The molecule has 0 heterocycles. The molecule has 7 heteroatoms. The summed E-state index contributed by atoms with van der Waals surface area (Å²) in [4.78, 5) is 34.6. The van der Waals surface area contributed by atoms with Crippen molar-refractivity contribution in [3.8, 4) is 11.1 Å². The molecule has 28 heavy (non-hydrogen) atoms. The highest BCUT2D eigenvalue weighted by Gasteiger charge is 2.18. The lowest BCUT2D eigenvalue weighted by Gasteiger charge is -2.07. The second kappa shape index (κ2) is 8.45. The maximum absolute atomic E-state index is 12.3. The molecule has 3 aromatic carbocycles. The molecule has 0 aromatic heterocycles. The van der Waals surface area contributed by atoms with Gasteiger partial charge in [0.15, 0.2) is 12.4 Å². The summed E-state index contributed by atoms with van der Waals surface area (Å²) in [6.45, 7) is -0.497. The number of carbonyl (C=O) groups excluding carboxylic acids is 2. The maximum Gasteiger partial charge on any atom is 0.340 e. The van der Waals surface area contributed by atoms with Crippen LogP contribution < -0.4 is 0 Å². The van der Waals surface area contributed by atoms with E-state index in [0.717, 1.165) is 17.2 Å². The van der Waals surface area contributed by atoms with E-state index in [1.807, 2.05) is 42.5 Å². The number of hydrogen-bond donors (Lipinski definition) is 0. The zero-order chi connectivity index (χ0) is 20.1. The van der Waals surface area contributed by atoms with Gasteiger partial charge in [-0.2, -0.15) is 0 Å². The van der Waals surface area contributed by atoms with Crippen LogP contribution >= 0.6 is 11.6 Å². The Balaban J connectivity index is 1.66. The van der Waals surface area contributed by atoms with Gasteiger partial charge in [0.2, 0.25) is 0 Å². The Morgan fingerprint density at radius 2 is 1.57 bits per heavy atom. The van der Waals surface area contributed by atoms with Crippen molar-refractivity contribution in [3.63, 3.8) is 0 Å². The highest BCUT2D eigenvalue weighted by molar-refractivity contribution is 6.33. The smallest absolute Gasteiger partial charge is 0.340 e. The molecule has 0 aliphatic rings. The second-order valence-electron chi connectivity index (χ2n) is 5.86. The van der Waals surface area contributed by atoms with Gasteiger partial charge in [-0.05, 0) is 17.2 Å². The number of ether oxygens (including phenoxy) is 1. The van der Waals surface area contributed by atoms with Gasteiger partial charge in [-0.3, -0.25) is 14.9 Å². The fourth-order valence-corrected chi connectivity index (χ4v) is 2.75. The van der Waals surface area contributed by atoms with Crippen LogP contribution in [0.5, 0.6) is 0 Å². The summed E-state index contributed by atoms with van der Waals surface area (Å²) in [6.07, 6.45) is 0. The first-order valence-corrected chi connectivity index (χ1v) is 8.63. The lowest BCUT2D eigenvalue weighted by Crippen LogP contribution is -2.14. The fraction of sp³-hybridized carbons (Fsp3) is 0.0476. The Bertz CT molecular complexity index is 1030. The van der Waals surface area contributed by atoms with Gasteiger partial charge in [0.25, 0.3) is 5.69 Å². The highest BCUT2D eigenvalue weighted by atomic mass is 35.5. The lowest BCUT2D eigenvalue weighted by molar-refractivity contribution is -0.384. The average molecular weight is 396 g/mol. The van der Waals surface area contributed by atoms with E-state index in [1.165, 1.54) is 12.1 Å². The molecule has 3 aromatic rings. The van der Waals surface area contributed by atoms with E-state index in [9.17, 15) is 19.7 Å². The molecular formula is C21H14ClNO5. The number of nitro benzene ring substituents is 1. The van der Waals surface area contributed by atoms with Gasteiger partial charge in [-0.25, -0.2) is 4.79 Å². The molecule has 0 bridgehead atoms. The molecule has 0 aliphatic carbocycles. The number of non-ortho nitro benzene ring substituents is 1. The average Bonchev–Trinajstić information content (AvgIpc) is 2.72. The van der Waals surface area contributed by atoms with E-state index in [1.54, 1.807) is 12.1 Å². The number of nitro groups is 1. The molecule has 0 atom stereocenters. The van der Waals surface area contributed by atoms with Crippen molar-refractivity contribution in [1.29, 1.82) is 0 Å². The lowest BCUT2D eigenvalue weighted by atomic mass is 10.0. The van der Waals surface area contributed by atoms with Crippen LogP contribution in [0, 0.1) is 10.1 Å². The van der Waals surface area contributed by atoms with Crippen LogP contribution in [0.15, 0.2) is 72.8 Å². The number of rotatable bonds is 6. The predicted octanol–water partition coefficient (Wildman–Crippen LogP) is 4.95. The summed E-state index contributed by atoms with van der Waals surface area (Å²) in [5, 5.41) is 10.8. The van der Waals surface area contributed by atoms with Gasteiger partial charge < -0.3 is 4.74 Å². The van der Waals surface area contributed by atoms with Crippen LogP contribution in [-0.2, 0) is 4.74 Å². The zero-order valence-corrected chi connectivity index (χ0v) is 15.3. The number of benzene rings is 3. The maximum atomic E-state index is 12.3. The summed E-state index contributed by atoms with van der Waals surface area (Å²) in [5.74, 6) is -1.29. The first kappa shape index (κ1) is 19.3. The Labute approximate surface area is 165 Å². The number of esters is 1. The van der Waals surface area contributed by atoms with E-state index >= 15 is 0 Å². The summed E-state index contributed by atoms with van der Waals surface area (Å²) in [7, 11) is 0. The Morgan fingerprint density at radius 1 is 0.929 bits per heavy atom. The van der Waals surface area contributed by atoms with E-state index in [-0.39, 0.29) is 16.3 Å². The minimum Gasteiger partial charge on any atom is -0.454 e. The molecule has 0 aliphatic heterocycles. The molecule has 6 nitrogen and oxygen atoms in total. The summed E-state index contributed by atoms with van der Waals surface area (Å²) in [5.41, 5.74) is 1.91. The zero-order valence-electron chi connectivity index (χ0n) is 14.5. The molecule has 140 valence electrons. The Hall–Kier alpha value is -3.51. The monoisotopic (exact) mass is 395 g/mol. The minimum absolute atomic E-state index is 0.00950. The molecule has 3 rings (SSSR count). The van der Waals surface area contributed by atoms with Crippen LogP contribution in [0.25, 0.3) is 11.1 Å². The van der Waals surface area contributed by atoms with Gasteiger partial charge in [-0.1, -0.05) is 66.2 Å². The third-order valence-electron chi connectivity index (χ3n) is 4.03. The molecule has 0 fully saturated rings. The van der Waals surface area contributed by atoms with Crippen molar-refractivity contribution < 1.29 is 19.2 Å². The van der Waals surface area contributed by atoms with Gasteiger partial charge >= 0.3 is 5.97 Å². The van der Waals surface area contributed by atoms with E-state index in [4.69, 9.17) is 16.3 Å². The molecule has 0 radical (unpaired) electrons. The van der Waals surface area contributed by atoms with Crippen molar-refractivity contribution in [2.24, 2.45) is 0 Å². The Kier molecular flexibility index (Phi) is 5.81. The number of nitrogens with zero attached hydrogens (tertiary/aromatic N) is 1. The minimum atomic E-state index is -0.900. The first-order valence-electron chi connectivity index (χ1n) is 8.25. The van der Waals surface area contributed by atoms with Crippen LogP contribution in [0.2, 0.25) is 5.02 Å². The third-order valence-corrected chi connectivity index (χ3v) is 4.36. The molecule has 0 saturated heterocycles. The second-order valence-corrected chi connectivity index (χ2v) is 6.27. The van der Waals surface area contributed by atoms with Crippen LogP contribution in [0.3, 0.4) is 0 Å². The van der Waals surface area contributed by atoms with Gasteiger partial charge in [0.1, 0.15) is 0 Å². The standard InChI is InChI=1S/C21H14ClNO5/c22-19-11-10-17(23(26)27)12-18(19)21(25)28-13-20(24)16-8-6-15(7-9-16)14-4-2-1-3-5-14/h1-12H,13H2. The van der Waals surface area contributed by atoms with E-state index in [2.05, 4.69) is 0 Å². The topological polar surface area (TPSA) is 86.5 Å². The summed E-state index contributed by atoms with van der Waals surface area (Å²) in [6, 6.07) is 20.0. The number of halogens is 1. The van der Waals surface area contributed by atoms with Crippen molar-refractivity contribution >= 4 is 29.0 Å². The van der Waals surface area contributed by atoms with Crippen molar-refractivity contribution in [2.45, 2.75) is 0 Å². The normalized spacial score (nSPS) is 10.3. The van der Waals surface area contributed by atoms with Gasteiger partial charge in [0.05, 0.1) is 15.5 Å². The Morgan fingerprint density at radius 3 is 2.21 bits per heavy atom. The number of Topliss-reactive ketones (excluding diaryl/α,β-unsaturated/α-hetero) is 1. The third kappa shape index (κ3) is 4.42. The van der Waals surface area contributed by atoms with Gasteiger partial charge in [-0.15, -0.1) is 0 Å². The number of ketones is 1. The molecule has 0 saturated carbocycles. The van der Waals surface area contributed by atoms with Gasteiger partial charge in [0, 0.05) is 17.7 Å². The summed E-state index contributed by atoms with van der Waals surface area (Å²) >= 11 is 5.90. The van der Waals surface area contributed by atoms with Crippen molar-refractivity contribution in [3.05, 3.63) is 99.1 Å². The van der Waals surface area contributed by atoms with Crippen LogP contribution in [-0.4, -0.2) is 23.3 Å². The van der Waals surface area contributed by atoms with Crippen LogP contribution in [0.4, 0.5) is 5.69 Å². The molecule has 0 N–H and O–H groups in total. The largest absolute Gasteiger partial charge is 0.454 e. The SMILES string of the molecule is O=C(COC(=O)c1cc([N+](=O)[O-])ccc1Cl)c1ccc(-c2ccccc2)cc1. The van der Waals surface area contributed by atoms with Crippen molar-refractivity contribution in [2.75, 3.05) is 6.61 Å².